The minimum atomic E-state index is -0.867. The Labute approximate surface area is 185 Å². The van der Waals surface area contributed by atoms with Crippen LogP contribution in [0.3, 0.4) is 0 Å². The van der Waals surface area contributed by atoms with Gasteiger partial charge in [-0.15, -0.1) is 0 Å². The smallest absolute Gasteiger partial charge is 0.344 e. The standard InChI is InChI=1S/C18H15Cl3N2O7/c1-2-28-10-3-4-14(15(5-10)23(26)27)22-17(24)8-30-18(25)9-29-16-7-12(20)11(19)6-13(16)21/h3-7H,2,8-9H2,1H3,(H,22,24). The fraction of sp³-hybridized carbons (Fsp3) is 0.222. The van der Waals surface area contributed by atoms with E-state index in [9.17, 15) is 19.7 Å². The summed E-state index contributed by atoms with van der Waals surface area (Å²) in [5.74, 6) is -1.25. The SMILES string of the molecule is CCOc1ccc(NC(=O)COC(=O)COc2cc(Cl)c(Cl)cc2Cl)c([N+](=O)[O-])c1. The lowest BCUT2D eigenvalue weighted by Crippen LogP contribution is -2.24. The first kappa shape index (κ1) is 23.5. The normalized spacial score (nSPS) is 10.3. The van der Waals surface area contributed by atoms with Gasteiger partial charge in [0.2, 0.25) is 0 Å². The van der Waals surface area contributed by atoms with Crippen molar-refractivity contribution in [3.63, 3.8) is 0 Å². The van der Waals surface area contributed by atoms with Crippen molar-refractivity contribution in [2.45, 2.75) is 6.92 Å². The molecular weight excluding hydrogens is 463 g/mol. The van der Waals surface area contributed by atoms with Crippen molar-refractivity contribution >= 4 is 58.1 Å². The number of nitro benzene ring substituents is 1. The number of esters is 1. The summed E-state index contributed by atoms with van der Waals surface area (Å²) in [6.45, 7) is 0.833. The molecule has 0 aromatic heterocycles. The van der Waals surface area contributed by atoms with Gasteiger partial charge >= 0.3 is 5.97 Å². The van der Waals surface area contributed by atoms with E-state index in [2.05, 4.69) is 5.32 Å². The molecule has 1 amide bonds. The van der Waals surface area contributed by atoms with E-state index in [0.717, 1.165) is 0 Å². The summed E-state index contributed by atoms with van der Waals surface area (Å²) in [5, 5.41) is 14.0. The molecule has 0 aliphatic rings. The highest BCUT2D eigenvalue weighted by molar-refractivity contribution is 6.43. The number of carbonyl (C=O) groups is 2. The van der Waals surface area contributed by atoms with Crippen molar-refractivity contribution in [2.75, 3.05) is 25.1 Å². The fourth-order valence-corrected chi connectivity index (χ4v) is 2.74. The van der Waals surface area contributed by atoms with Crippen molar-refractivity contribution in [1.29, 1.82) is 0 Å². The van der Waals surface area contributed by atoms with Gasteiger partial charge < -0.3 is 19.5 Å². The van der Waals surface area contributed by atoms with Crippen molar-refractivity contribution < 1.29 is 28.7 Å². The Balaban J connectivity index is 1.89. The van der Waals surface area contributed by atoms with Crippen LogP contribution in [-0.4, -0.2) is 36.6 Å². The highest BCUT2D eigenvalue weighted by Crippen LogP contribution is 2.34. The first-order valence-corrected chi connectivity index (χ1v) is 9.48. The first-order chi connectivity index (χ1) is 14.2. The number of anilines is 1. The Kier molecular flexibility index (Phi) is 8.52. The van der Waals surface area contributed by atoms with Gasteiger partial charge in [-0.05, 0) is 25.1 Å². The maximum absolute atomic E-state index is 12.0. The number of ether oxygens (including phenoxy) is 3. The lowest BCUT2D eigenvalue weighted by atomic mass is 10.2. The number of hydrogen-bond acceptors (Lipinski definition) is 7. The summed E-state index contributed by atoms with van der Waals surface area (Å²) in [7, 11) is 0. The number of carbonyl (C=O) groups excluding carboxylic acids is 2. The lowest BCUT2D eigenvalue weighted by molar-refractivity contribution is -0.384. The highest BCUT2D eigenvalue weighted by atomic mass is 35.5. The maximum atomic E-state index is 12.0. The van der Waals surface area contributed by atoms with E-state index < -0.39 is 30.0 Å². The molecule has 0 atom stereocenters. The van der Waals surface area contributed by atoms with Crippen LogP contribution in [-0.2, 0) is 14.3 Å². The molecule has 2 aromatic rings. The van der Waals surface area contributed by atoms with Crippen LogP contribution in [0.1, 0.15) is 6.92 Å². The van der Waals surface area contributed by atoms with Gasteiger partial charge in [0.05, 0.1) is 32.7 Å². The molecule has 0 saturated carbocycles. The molecule has 0 fully saturated rings. The zero-order valence-electron chi connectivity index (χ0n) is 15.4. The number of amides is 1. The van der Waals surface area contributed by atoms with Gasteiger partial charge in [-0.2, -0.15) is 0 Å². The van der Waals surface area contributed by atoms with Crippen LogP contribution >= 0.6 is 34.8 Å². The van der Waals surface area contributed by atoms with Crippen LogP contribution in [0.25, 0.3) is 0 Å². The zero-order chi connectivity index (χ0) is 22.3. The third kappa shape index (κ3) is 6.65. The number of rotatable bonds is 9. The molecule has 0 spiro atoms. The Bertz CT molecular complexity index is 969. The summed E-state index contributed by atoms with van der Waals surface area (Å²) >= 11 is 17.6. The molecule has 12 heteroatoms. The number of hydrogen-bond donors (Lipinski definition) is 1. The molecule has 160 valence electrons. The van der Waals surface area contributed by atoms with Gasteiger partial charge in [0.15, 0.2) is 13.2 Å². The number of nitrogens with zero attached hydrogens (tertiary/aromatic N) is 1. The number of halogens is 3. The number of benzene rings is 2. The van der Waals surface area contributed by atoms with Gasteiger partial charge in [0, 0.05) is 6.07 Å². The Hall–Kier alpha value is -2.75. The minimum Gasteiger partial charge on any atom is -0.494 e. The molecule has 0 aliphatic carbocycles. The van der Waals surface area contributed by atoms with Crippen LogP contribution in [0.15, 0.2) is 30.3 Å². The van der Waals surface area contributed by atoms with Crippen molar-refractivity contribution in [3.05, 3.63) is 55.5 Å². The molecule has 1 N–H and O–H groups in total. The summed E-state index contributed by atoms with van der Waals surface area (Å²) in [5.41, 5.74) is -0.429. The monoisotopic (exact) mass is 476 g/mol. The first-order valence-electron chi connectivity index (χ1n) is 8.35. The molecule has 2 rings (SSSR count). The quantitative estimate of drug-likeness (QED) is 0.244. The Morgan fingerprint density at radius 1 is 1.03 bits per heavy atom. The molecule has 0 aliphatic heterocycles. The largest absolute Gasteiger partial charge is 0.494 e. The number of nitrogens with one attached hydrogen (secondary N) is 1. The average Bonchev–Trinajstić information content (AvgIpc) is 2.69. The second-order valence-corrected chi connectivity index (χ2v) is 6.78. The van der Waals surface area contributed by atoms with E-state index in [4.69, 9.17) is 49.0 Å². The van der Waals surface area contributed by atoms with E-state index in [0.29, 0.717) is 6.61 Å². The summed E-state index contributed by atoms with van der Waals surface area (Å²) in [6, 6.07) is 6.64. The predicted octanol–water partition coefficient (Wildman–Crippen LogP) is 4.51. The summed E-state index contributed by atoms with van der Waals surface area (Å²) in [4.78, 5) is 34.3. The second-order valence-electron chi connectivity index (χ2n) is 5.56. The van der Waals surface area contributed by atoms with Crippen LogP contribution < -0.4 is 14.8 Å². The van der Waals surface area contributed by atoms with Gasteiger partial charge in [0.1, 0.15) is 17.2 Å². The summed E-state index contributed by atoms with van der Waals surface area (Å²) < 4.78 is 15.2. The second kappa shape index (κ2) is 10.9. The van der Waals surface area contributed by atoms with Crippen LogP contribution in [0.5, 0.6) is 11.5 Å². The molecule has 30 heavy (non-hydrogen) atoms. The summed E-state index contributed by atoms with van der Waals surface area (Å²) in [6.07, 6.45) is 0. The van der Waals surface area contributed by atoms with Crippen molar-refractivity contribution in [2.24, 2.45) is 0 Å². The maximum Gasteiger partial charge on any atom is 0.344 e. The van der Waals surface area contributed by atoms with Crippen LogP contribution in [0.4, 0.5) is 11.4 Å². The fourth-order valence-electron chi connectivity index (χ4n) is 2.15. The van der Waals surface area contributed by atoms with Crippen LogP contribution in [0.2, 0.25) is 15.1 Å². The van der Waals surface area contributed by atoms with Gasteiger partial charge in [-0.3, -0.25) is 14.9 Å². The molecule has 0 heterocycles. The average molecular weight is 478 g/mol. The van der Waals surface area contributed by atoms with Gasteiger partial charge in [-0.1, -0.05) is 34.8 Å². The lowest BCUT2D eigenvalue weighted by Gasteiger charge is -2.10. The highest BCUT2D eigenvalue weighted by Gasteiger charge is 2.18. The number of nitro groups is 1. The Morgan fingerprint density at radius 3 is 2.40 bits per heavy atom. The van der Waals surface area contributed by atoms with E-state index >= 15 is 0 Å². The predicted molar refractivity (Wildman–Crippen MR) is 111 cm³/mol. The van der Waals surface area contributed by atoms with Crippen LogP contribution in [0, 0.1) is 10.1 Å². The molecule has 9 nitrogen and oxygen atoms in total. The van der Waals surface area contributed by atoms with E-state index in [1.54, 1.807) is 6.92 Å². The minimum absolute atomic E-state index is 0.0664. The van der Waals surface area contributed by atoms with Gasteiger partial charge in [-0.25, -0.2) is 4.79 Å². The van der Waals surface area contributed by atoms with E-state index in [1.807, 2.05) is 0 Å². The van der Waals surface area contributed by atoms with Crippen molar-refractivity contribution in [1.82, 2.24) is 0 Å². The van der Waals surface area contributed by atoms with Crippen molar-refractivity contribution in [3.8, 4) is 11.5 Å². The molecule has 0 bridgehead atoms. The third-order valence-electron chi connectivity index (χ3n) is 3.44. The third-order valence-corrected chi connectivity index (χ3v) is 4.45. The zero-order valence-corrected chi connectivity index (χ0v) is 17.7. The molecular formula is C18H15Cl3N2O7. The Morgan fingerprint density at radius 2 is 1.73 bits per heavy atom. The molecule has 0 saturated heterocycles. The topological polar surface area (TPSA) is 117 Å². The molecule has 0 radical (unpaired) electrons. The molecule has 0 unspecified atom stereocenters. The van der Waals surface area contributed by atoms with Gasteiger partial charge in [0.25, 0.3) is 11.6 Å². The molecule has 2 aromatic carbocycles. The van der Waals surface area contributed by atoms with E-state index in [-0.39, 0.29) is 37.9 Å². The van der Waals surface area contributed by atoms with E-state index in [1.165, 1.54) is 30.3 Å².